The second-order valence-electron chi connectivity index (χ2n) is 9.76. The van der Waals surface area contributed by atoms with Crippen molar-refractivity contribution in [3.05, 3.63) is 47.0 Å². The first kappa shape index (κ1) is 24.2. The number of amides is 1. The Bertz CT molecular complexity index is 1300. The molecule has 0 saturated carbocycles. The van der Waals surface area contributed by atoms with E-state index >= 15 is 0 Å². The molecule has 2 saturated heterocycles. The molecule has 2 fully saturated rings. The molecule has 1 N–H and O–H groups in total. The van der Waals surface area contributed by atoms with E-state index in [4.69, 9.17) is 9.72 Å². The van der Waals surface area contributed by atoms with Gasteiger partial charge in [0.2, 0.25) is 5.91 Å². The van der Waals surface area contributed by atoms with Crippen molar-refractivity contribution in [2.45, 2.75) is 12.5 Å². The lowest BCUT2D eigenvalue weighted by atomic mass is 10.1. The maximum absolute atomic E-state index is 13.0. The van der Waals surface area contributed by atoms with E-state index in [1.807, 2.05) is 30.0 Å². The molecule has 0 bridgehead atoms. The van der Waals surface area contributed by atoms with Crippen LogP contribution in [0.3, 0.4) is 0 Å². The van der Waals surface area contributed by atoms with E-state index in [-0.39, 0.29) is 17.5 Å². The minimum atomic E-state index is -0.150. The molecule has 1 atom stereocenters. The Morgan fingerprint density at radius 1 is 1.17 bits per heavy atom. The molecular weight excluding hydrogens is 458 g/mol. The molecule has 2 aromatic heterocycles. The zero-order valence-corrected chi connectivity index (χ0v) is 21.1. The number of hydrogen-bond acceptors (Lipinski definition) is 8. The van der Waals surface area contributed by atoms with Crippen molar-refractivity contribution < 1.29 is 9.53 Å². The number of nitrogens with zero attached hydrogens (tertiary/aromatic N) is 6. The van der Waals surface area contributed by atoms with Crippen LogP contribution < -0.4 is 15.8 Å². The number of carbonyl (C=O) groups excluding carboxylic acids is 1. The van der Waals surface area contributed by atoms with Gasteiger partial charge in [0, 0.05) is 50.5 Å². The lowest BCUT2D eigenvalue weighted by Gasteiger charge is -2.28. The fourth-order valence-corrected chi connectivity index (χ4v) is 4.81. The summed E-state index contributed by atoms with van der Waals surface area (Å²) in [5.41, 5.74) is 3.30. The van der Waals surface area contributed by atoms with Gasteiger partial charge in [-0.15, -0.1) is 0 Å². The molecule has 0 aliphatic carbocycles. The number of likely N-dealkylation sites (N-methyl/N-ethyl adjacent to an activating group) is 1. The molecular formula is C26H33N7O3. The Labute approximate surface area is 210 Å². The number of fused-ring (bicyclic) bond motifs is 1. The van der Waals surface area contributed by atoms with Gasteiger partial charge in [0.25, 0.3) is 5.56 Å². The summed E-state index contributed by atoms with van der Waals surface area (Å²) < 4.78 is 6.93. The Balaban J connectivity index is 1.44. The van der Waals surface area contributed by atoms with Gasteiger partial charge < -0.3 is 29.3 Å². The van der Waals surface area contributed by atoms with Gasteiger partial charge in [-0.3, -0.25) is 9.59 Å². The summed E-state index contributed by atoms with van der Waals surface area (Å²) in [6.07, 6.45) is 2.33. The first-order valence-corrected chi connectivity index (χ1v) is 12.4. The zero-order chi connectivity index (χ0) is 25.2. The number of hydrogen-bond donors (Lipinski definition) is 1. The van der Waals surface area contributed by atoms with Crippen LogP contribution in [0.2, 0.25) is 0 Å². The highest BCUT2D eigenvalue weighted by Gasteiger charge is 2.27. The average Bonchev–Trinajstić information content (AvgIpc) is 3.35. The van der Waals surface area contributed by atoms with Crippen molar-refractivity contribution in [3.8, 4) is 11.3 Å². The number of pyridine rings is 1. The number of rotatable bonds is 6. The van der Waals surface area contributed by atoms with Gasteiger partial charge in [0.15, 0.2) is 0 Å². The lowest BCUT2D eigenvalue weighted by Crippen LogP contribution is -2.37. The van der Waals surface area contributed by atoms with Gasteiger partial charge in [0.1, 0.15) is 11.2 Å². The molecule has 1 aromatic carbocycles. The van der Waals surface area contributed by atoms with E-state index in [0.717, 1.165) is 49.7 Å². The number of aromatic nitrogens is 3. The van der Waals surface area contributed by atoms with Crippen LogP contribution in [0.15, 0.2) is 41.5 Å². The molecule has 2 aliphatic heterocycles. The second-order valence-corrected chi connectivity index (χ2v) is 9.76. The first-order valence-electron chi connectivity index (χ1n) is 12.4. The van der Waals surface area contributed by atoms with E-state index < -0.39 is 0 Å². The van der Waals surface area contributed by atoms with Gasteiger partial charge >= 0.3 is 0 Å². The van der Waals surface area contributed by atoms with Crippen LogP contribution in [0, 0.1) is 0 Å². The quantitative estimate of drug-likeness (QED) is 0.553. The second kappa shape index (κ2) is 10.2. The van der Waals surface area contributed by atoms with Gasteiger partial charge in [-0.05, 0) is 38.7 Å². The van der Waals surface area contributed by atoms with Crippen LogP contribution in [-0.4, -0.2) is 96.3 Å². The predicted octanol–water partition coefficient (Wildman–Crippen LogP) is 1.41. The zero-order valence-electron chi connectivity index (χ0n) is 21.1. The van der Waals surface area contributed by atoms with Crippen LogP contribution in [0.25, 0.3) is 22.2 Å². The molecule has 2 aliphatic rings. The number of carbonyl (C=O) groups is 1. The van der Waals surface area contributed by atoms with Crippen LogP contribution >= 0.6 is 0 Å². The number of aryl methyl sites for hydroxylation is 1. The third-order valence-electron chi connectivity index (χ3n) is 6.78. The van der Waals surface area contributed by atoms with Crippen LogP contribution in [0.5, 0.6) is 0 Å². The molecule has 4 heterocycles. The topological polar surface area (TPSA) is 95.8 Å². The van der Waals surface area contributed by atoms with Crippen molar-refractivity contribution in [2.75, 3.05) is 70.2 Å². The Kier molecular flexibility index (Phi) is 6.88. The summed E-state index contributed by atoms with van der Waals surface area (Å²) in [5, 5.41) is 3.93. The summed E-state index contributed by atoms with van der Waals surface area (Å²) in [7, 11) is 5.47. The van der Waals surface area contributed by atoms with Crippen molar-refractivity contribution in [1.29, 1.82) is 0 Å². The fourth-order valence-electron chi connectivity index (χ4n) is 4.81. The van der Waals surface area contributed by atoms with E-state index in [0.29, 0.717) is 36.4 Å². The number of nitrogens with one attached hydrogen (secondary N) is 1. The third-order valence-corrected chi connectivity index (χ3v) is 6.78. The van der Waals surface area contributed by atoms with E-state index in [2.05, 4.69) is 39.5 Å². The minimum absolute atomic E-state index is 0.00988. The number of benzene rings is 1. The van der Waals surface area contributed by atoms with Gasteiger partial charge in [-0.25, -0.2) is 9.97 Å². The first-order chi connectivity index (χ1) is 17.4. The fraction of sp³-hybridized carbons (Fsp3) is 0.462. The highest BCUT2D eigenvalue weighted by atomic mass is 16.5. The van der Waals surface area contributed by atoms with Crippen LogP contribution in [0.1, 0.15) is 6.42 Å². The highest BCUT2D eigenvalue weighted by Crippen LogP contribution is 2.28. The van der Waals surface area contributed by atoms with E-state index in [1.54, 1.807) is 7.05 Å². The molecule has 36 heavy (non-hydrogen) atoms. The highest BCUT2D eigenvalue weighted by molar-refractivity contribution is 5.91. The Hall–Kier alpha value is -3.50. The molecule has 10 nitrogen and oxygen atoms in total. The summed E-state index contributed by atoms with van der Waals surface area (Å²) in [6.45, 7) is 4.88. The Morgan fingerprint density at radius 3 is 2.64 bits per heavy atom. The normalized spacial score (nSPS) is 18.3. The number of ether oxygens (including phenoxy) is 1. The smallest absolute Gasteiger partial charge is 0.264 e. The number of anilines is 2. The average molecular weight is 492 g/mol. The standard InChI is InChI=1S/C26H33N7O3/c1-30(2)16-23(34)33-9-8-19(15-33)28-25-24-22(27-17-31(3)26(24)35)14-21(29-25)18-4-6-20(7-5-18)32-10-12-36-13-11-32/h4-7,14,17,19H,8-13,15-16H2,1-3H3,(H,28,29). The molecule has 190 valence electrons. The summed E-state index contributed by atoms with van der Waals surface area (Å²) in [5.74, 6) is 0.620. The summed E-state index contributed by atoms with van der Waals surface area (Å²) in [6, 6.07) is 10.2. The van der Waals surface area contributed by atoms with Crippen LogP contribution in [0.4, 0.5) is 11.5 Å². The predicted molar refractivity (Wildman–Crippen MR) is 140 cm³/mol. The number of likely N-dealkylation sites (tertiary alicyclic amines) is 1. The third kappa shape index (κ3) is 5.05. The minimum Gasteiger partial charge on any atom is -0.378 e. The van der Waals surface area contributed by atoms with Gasteiger partial charge in [-0.2, -0.15) is 0 Å². The van der Waals surface area contributed by atoms with E-state index in [9.17, 15) is 9.59 Å². The molecule has 1 unspecified atom stereocenters. The van der Waals surface area contributed by atoms with Gasteiger partial charge in [0.05, 0.1) is 37.3 Å². The maximum atomic E-state index is 13.0. The molecule has 1 amide bonds. The molecule has 10 heteroatoms. The molecule has 5 rings (SSSR count). The van der Waals surface area contributed by atoms with Crippen molar-refractivity contribution in [3.63, 3.8) is 0 Å². The van der Waals surface area contributed by atoms with Crippen molar-refractivity contribution in [2.24, 2.45) is 7.05 Å². The van der Waals surface area contributed by atoms with Crippen molar-refractivity contribution in [1.82, 2.24) is 24.3 Å². The largest absolute Gasteiger partial charge is 0.378 e. The Morgan fingerprint density at radius 2 is 1.92 bits per heavy atom. The molecule has 3 aromatic rings. The monoisotopic (exact) mass is 491 g/mol. The maximum Gasteiger partial charge on any atom is 0.264 e. The van der Waals surface area contributed by atoms with E-state index in [1.165, 1.54) is 10.9 Å². The molecule has 0 spiro atoms. The van der Waals surface area contributed by atoms with Crippen molar-refractivity contribution >= 4 is 28.3 Å². The molecule has 0 radical (unpaired) electrons. The SMILES string of the molecule is CN(C)CC(=O)N1CCC(Nc2nc(-c3ccc(N4CCOCC4)cc3)cc3ncn(C)c(=O)c23)C1. The number of morpholine rings is 1. The lowest BCUT2D eigenvalue weighted by molar-refractivity contribution is -0.130. The summed E-state index contributed by atoms with van der Waals surface area (Å²) in [4.78, 5) is 41.0. The van der Waals surface area contributed by atoms with Crippen LogP contribution in [-0.2, 0) is 16.6 Å². The van der Waals surface area contributed by atoms with Gasteiger partial charge in [-0.1, -0.05) is 12.1 Å². The summed E-state index contributed by atoms with van der Waals surface area (Å²) >= 11 is 0.